The van der Waals surface area contributed by atoms with Crippen molar-refractivity contribution < 1.29 is 0 Å². The molecule has 1 spiro atoms. The van der Waals surface area contributed by atoms with E-state index in [2.05, 4.69) is 19.2 Å². The highest BCUT2D eigenvalue weighted by Crippen LogP contribution is 2.47. The fourth-order valence-corrected chi connectivity index (χ4v) is 3.40. The van der Waals surface area contributed by atoms with Crippen LogP contribution in [0.3, 0.4) is 0 Å². The summed E-state index contributed by atoms with van der Waals surface area (Å²) in [4.78, 5) is 0. The van der Waals surface area contributed by atoms with Crippen LogP contribution in [-0.4, -0.2) is 13.1 Å². The smallest absolute Gasteiger partial charge is 0.000791 e. The molecular weight excluding hydrogens is 170 g/mol. The van der Waals surface area contributed by atoms with Crippen LogP contribution in [0.25, 0.3) is 0 Å². The zero-order valence-electron chi connectivity index (χ0n) is 9.81. The molecule has 1 heteroatoms. The van der Waals surface area contributed by atoms with Gasteiger partial charge in [-0.2, -0.15) is 0 Å². The Labute approximate surface area is 88.7 Å². The standard InChI is InChI=1S/C13H25N/c1-11(2)12-5-7-13(9-12)6-3-4-8-14-10-13/h11-12,14H,3-10H2,1-2H3. The van der Waals surface area contributed by atoms with E-state index in [0.29, 0.717) is 5.41 Å². The second-order valence-corrected chi connectivity index (χ2v) is 5.88. The van der Waals surface area contributed by atoms with E-state index >= 15 is 0 Å². The minimum absolute atomic E-state index is 0.700. The molecule has 1 heterocycles. The van der Waals surface area contributed by atoms with E-state index in [-0.39, 0.29) is 0 Å². The van der Waals surface area contributed by atoms with E-state index in [9.17, 15) is 0 Å². The third-order valence-corrected chi connectivity index (χ3v) is 4.49. The lowest BCUT2D eigenvalue weighted by Crippen LogP contribution is -2.30. The molecule has 82 valence electrons. The summed E-state index contributed by atoms with van der Waals surface area (Å²) in [5, 5.41) is 3.64. The van der Waals surface area contributed by atoms with Crippen molar-refractivity contribution in [1.82, 2.24) is 5.32 Å². The van der Waals surface area contributed by atoms with Crippen molar-refractivity contribution >= 4 is 0 Å². The highest BCUT2D eigenvalue weighted by molar-refractivity contribution is 4.92. The summed E-state index contributed by atoms with van der Waals surface area (Å²) in [6.45, 7) is 7.35. The molecule has 14 heavy (non-hydrogen) atoms. The molecule has 0 aromatic heterocycles. The normalized spacial score (nSPS) is 39.2. The molecule has 1 saturated carbocycles. The maximum absolute atomic E-state index is 3.64. The summed E-state index contributed by atoms with van der Waals surface area (Å²) < 4.78 is 0. The van der Waals surface area contributed by atoms with Gasteiger partial charge >= 0.3 is 0 Å². The summed E-state index contributed by atoms with van der Waals surface area (Å²) in [6, 6.07) is 0. The van der Waals surface area contributed by atoms with E-state index in [4.69, 9.17) is 0 Å². The molecule has 1 aliphatic carbocycles. The number of nitrogens with one attached hydrogen (secondary N) is 1. The zero-order valence-corrected chi connectivity index (χ0v) is 9.81. The molecule has 2 atom stereocenters. The Balaban J connectivity index is 1.96. The van der Waals surface area contributed by atoms with Crippen LogP contribution >= 0.6 is 0 Å². The second kappa shape index (κ2) is 4.22. The van der Waals surface area contributed by atoms with Crippen molar-refractivity contribution in [3.05, 3.63) is 0 Å². The van der Waals surface area contributed by atoms with Crippen molar-refractivity contribution in [2.45, 2.75) is 52.4 Å². The summed E-state index contributed by atoms with van der Waals surface area (Å²) in [7, 11) is 0. The Hall–Kier alpha value is -0.0400. The molecule has 1 saturated heterocycles. The van der Waals surface area contributed by atoms with E-state index in [1.165, 1.54) is 51.6 Å². The Bertz CT molecular complexity index is 178. The van der Waals surface area contributed by atoms with E-state index < -0.39 is 0 Å². The van der Waals surface area contributed by atoms with Gasteiger partial charge in [-0.25, -0.2) is 0 Å². The quantitative estimate of drug-likeness (QED) is 0.677. The zero-order chi connectivity index (χ0) is 10.0. The Morgan fingerprint density at radius 1 is 1.21 bits per heavy atom. The topological polar surface area (TPSA) is 12.0 Å². The minimum atomic E-state index is 0.700. The molecule has 2 unspecified atom stereocenters. The lowest BCUT2D eigenvalue weighted by molar-refractivity contribution is 0.247. The molecule has 0 aromatic carbocycles. The first-order valence-electron chi connectivity index (χ1n) is 6.43. The van der Waals surface area contributed by atoms with Crippen molar-refractivity contribution in [3.63, 3.8) is 0 Å². The van der Waals surface area contributed by atoms with E-state index in [1.54, 1.807) is 0 Å². The Kier molecular flexibility index (Phi) is 3.16. The van der Waals surface area contributed by atoms with Crippen LogP contribution < -0.4 is 5.32 Å². The van der Waals surface area contributed by atoms with Crippen LogP contribution in [0.1, 0.15) is 52.4 Å². The van der Waals surface area contributed by atoms with Gasteiger partial charge in [0, 0.05) is 6.54 Å². The van der Waals surface area contributed by atoms with Gasteiger partial charge in [0.05, 0.1) is 0 Å². The van der Waals surface area contributed by atoms with Crippen LogP contribution in [0.2, 0.25) is 0 Å². The maximum atomic E-state index is 3.64. The highest BCUT2D eigenvalue weighted by Gasteiger charge is 2.39. The van der Waals surface area contributed by atoms with Crippen LogP contribution in [0.15, 0.2) is 0 Å². The van der Waals surface area contributed by atoms with Crippen molar-refractivity contribution in [1.29, 1.82) is 0 Å². The van der Waals surface area contributed by atoms with Crippen LogP contribution in [0.4, 0.5) is 0 Å². The van der Waals surface area contributed by atoms with Gasteiger partial charge in [0.2, 0.25) is 0 Å². The molecule has 1 aliphatic heterocycles. The Morgan fingerprint density at radius 2 is 2.07 bits per heavy atom. The molecule has 2 fully saturated rings. The van der Waals surface area contributed by atoms with E-state index in [1.807, 2.05) is 0 Å². The third-order valence-electron chi connectivity index (χ3n) is 4.49. The van der Waals surface area contributed by atoms with Gasteiger partial charge in [-0.15, -0.1) is 0 Å². The third kappa shape index (κ3) is 2.13. The largest absolute Gasteiger partial charge is 0.316 e. The van der Waals surface area contributed by atoms with Gasteiger partial charge in [-0.3, -0.25) is 0 Å². The Morgan fingerprint density at radius 3 is 2.79 bits per heavy atom. The summed E-state index contributed by atoms with van der Waals surface area (Å²) >= 11 is 0. The van der Waals surface area contributed by atoms with Gasteiger partial charge in [0.15, 0.2) is 0 Å². The monoisotopic (exact) mass is 195 g/mol. The lowest BCUT2D eigenvalue weighted by Gasteiger charge is -2.28. The van der Waals surface area contributed by atoms with Gasteiger partial charge in [-0.05, 0) is 55.9 Å². The first-order valence-corrected chi connectivity index (χ1v) is 6.43. The number of hydrogen-bond donors (Lipinski definition) is 1. The molecule has 2 rings (SSSR count). The summed E-state index contributed by atoms with van der Waals surface area (Å²) in [6.07, 6.45) is 8.81. The number of rotatable bonds is 1. The van der Waals surface area contributed by atoms with E-state index in [0.717, 1.165) is 11.8 Å². The summed E-state index contributed by atoms with van der Waals surface area (Å²) in [5.41, 5.74) is 0.700. The van der Waals surface area contributed by atoms with Gasteiger partial charge in [0.1, 0.15) is 0 Å². The van der Waals surface area contributed by atoms with Crippen LogP contribution in [-0.2, 0) is 0 Å². The first-order chi connectivity index (χ1) is 6.72. The molecule has 0 amide bonds. The van der Waals surface area contributed by atoms with Crippen molar-refractivity contribution in [3.8, 4) is 0 Å². The van der Waals surface area contributed by atoms with Gasteiger partial charge in [-0.1, -0.05) is 20.3 Å². The molecule has 0 bridgehead atoms. The molecule has 1 nitrogen and oxygen atoms in total. The predicted molar refractivity (Wildman–Crippen MR) is 61.3 cm³/mol. The fraction of sp³-hybridized carbons (Fsp3) is 1.00. The second-order valence-electron chi connectivity index (χ2n) is 5.88. The average molecular weight is 195 g/mol. The summed E-state index contributed by atoms with van der Waals surface area (Å²) in [5.74, 6) is 1.91. The highest BCUT2D eigenvalue weighted by atomic mass is 14.9. The van der Waals surface area contributed by atoms with Crippen LogP contribution in [0, 0.1) is 17.3 Å². The molecular formula is C13H25N. The lowest BCUT2D eigenvalue weighted by atomic mass is 9.80. The van der Waals surface area contributed by atoms with Crippen molar-refractivity contribution in [2.75, 3.05) is 13.1 Å². The van der Waals surface area contributed by atoms with Gasteiger partial charge in [0.25, 0.3) is 0 Å². The predicted octanol–water partition coefficient (Wildman–Crippen LogP) is 3.20. The maximum Gasteiger partial charge on any atom is 0.000791 e. The fourth-order valence-electron chi connectivity index (χ4n) is 3.40. The number of hydrogen-bond acceptors (Lipinski definition) is 1. The average Bonchev–Trinajstić information content (AvgIpc) is 2.41. The van der Waals surface area contributed by atoms with Crippen molar-refractivity contribution in [2.24, 2.45) is 17.3 Å². The minimum Gasteiger partial charge on any atom is -0.316 e. The van der Waals surface area contributed by atoms with Crippen LogP contribution in [0.5, 0.6) is 0 Å². The molecule has 2 aliphatic rings. The SMILES string of the molecule is CC(C)C1CCC2(CCCCNC2)C1. The molecule has 0 radical (unpaired) electrons. The first kappa shape index (κ1) is 10.5. The van der Waals surface area contributed by atoms with Gasteiger partial charge < -0.3 is 5.32 Å². The molecule has 1 N–H and O–H groups in total. The molecule has 0 aromatic rings.